The first-order chi connectivity index (χ1) is 7.88. The van der Waals surface area contributed by atoms with Gasteiger partial charge in [0.15, 0.2) is 0 Å². The summed E-state index contributed by atoms with van der Waals surface area (Å²) < 4.78 is 46.5. The molecule has 0 saturated carbocycles. The van der Waals surface area contributed by atoms with Crippen molar-refractivity contribution in [2.45, 2.75) is 13.0 Å². The summed E-state index contributed by atoms with van der Waals surface area (Å²) in [5.41, 5.74) is 0.698. The van der Waals surface area contributed by atoms with E-state index in [2.05, 4.69) is 5.32 Å². The molecular weight excluding hydrogens is 248 g/mol. The lowest BCUT2D eigenvalue weighted by Gasteiger charge is -2.06. The molecule has 1 aromatic rings. The molecule has 17 heavy (non-hydrogen) atoms. The van der Waals surface area contributed by atoms with E-state index in [1.54, 1.807) is 12.1 Å². The van der Waals surface area contributed by atoms with Crippen LogP contribution in [0.4, 0.5) is 8.78 Å². The van der Waals surface area contributed by atoms with Crippen molar-refractivity contribution in [3.63, 3.8) is 0 Å². The van der Waals surface area contributed by atoms with Crippen molar-refractivity contribution in [2.24, 2.45) is 0 Å². The molecule has 96 valence electrons. The first kappa shape index (κ1) is 14.1. The smallest absolute Gasteiger partial charge is 0.263 e. The van der Waals surface area contributed by atoms with Crippen molar-refractivity contribution < 1.29 is 17.2 Å². The molecule has 0 radical (unpaired) electrons. The van der Waals surface area contributed by atoms with Crippen LogP contribution in [-0.2, 0) is 16.4 Å². The summed E-state index contributed by atoms with van der Waals surface area (Å²) in [6.45, 7) is 0.702. The van der Waals surface area contributed by atoms with Crippen LogP contribution >= 0.6 is 0 Å². The summed E-state index contributed by atoms with van der Waals surface area (Å²) in [6.07, 6.45) is -1.32. The van der Waals surface area contributed by atoms with Crippen molar-refractivity contribution in [1.29, 1.82) is 0 Å². The second-order valence-electron chi connectivity index (χ2n) is 3.85. The van der Waals surface area contributed by atoms with Crippen molar-refractivity contribution >= 4 is 9.84 Å². The van der Waals surface area contributed by atoms with Crippen LogP contribution in [0, 0.1) is 0 Å². The Hall–Kier alpha value is -1.01. The van der Waals surface area contributed by atoms with Gasteiger partial charge in [-0.25, -0.2) is 17.2 Å². The van der Waals surface area contributed by atoms with Crippen LogP contribution < -0.4 is 5.32 Å². The minimum Gasteiger partial charge on any atom is -0.312 e. The molecule has 6 heteroatoms. The third kappa shape index (κ3) is 5.74. The molecule has 0 spiro atoms. The lowest BCUT2D eigenvalue weighted by atomic mass is 10.1. The molecule has 1 aromatic carbocycles. The maximum Gasteiger partial charge on any atom is 0.263 e. The van der Waals surface area contributed by atoms with Gasteiger partial charge in [0, 0.05) is 24.9 Å². The average molecular weight is 263 g/mol. The Morgan fingerprint density at radius 2 is 2.06 bits per heavy atom. The lowest BCUT2D eigenvalue weighted by molar-refractivity contribution is 0.151. The quantitative estimate of drug-likeness (QED) is 0.795. The van der Waals surface area contributed by atoms with Gasteiger partial charge in [0.1, 0.15) is 9.84 Å². The van der Waals surface area contributed by atoms with E-state index < -0.39 is 16.3 Å². The normalized spacial score (nSPS) is 12.0. The van der Waals surface area contributed by atoms with E-state index in [9.17, 15) is 17.2 Å². The summed E-state index contributed by atoms with van der Waals surface area (Å²) in [4.78, 5) is 0. The molecule has 1 rings (SSSR count). The predicted octanol–water partition coefficient (Wildman–Crippen LogP) is 1.76. The maximum absolute atomic E-state index is 12.4. The van der Waals surface area contributed by atoms with Crippen molar-refractivity contribution in [2.75, 3.05) is 18.6 Å². The molecule has 0 aliphatic heterocycles. The number of hydrogen-bond donors (Lipinski definition) is 1. The van der Waals surface area contributed by atoms with Crippen LogP contribution in [0.25, 0.3) is 0 Å². The average Bonchev–Trinajstić information content (AvgIpc) is 2.23. The van der Waals surface area contributed by atoms with Gasteiger partial charge >= 0.3 is 0 Å². The monoisotopic (exact) mass is 263 g/mol. The molecule has 1 N–H and O–H groups in total. The van der Waals surface area contributed by atoms with Crippen LogP contribution in [0.3, 0.4) is 0 Å². The Bertz CT molecular complexity index is 460. The molecular formula is C11H15F2NO2S. The van der Waals surface area contributed by atoms with Gasteiger partial charge in [-0.05, 0) is 11.6 Å². The molecule has 0 heterocycles. The van der Waals surface area contributed by atoms with E-state index in [0.717, 1.165) is 11.8 Å². The predicted molar refractivity (Wildman–Crippen MR) is 62.8 cm³/mol. The number of sulfone groups is 1. The highest BCUT2D eigenvalue weighted by molar-refractivity contribution is 7.90. The number of nitrogens with one attached hydrogen (secondary N) is 1. The number of hydrogen-bond acceptors (Lipinski definition) is 3. The fourth-order valence-corrected chi connectivity index (χ4v) is 1.84. The number of rotatable bonds is 6. The molecule has 0 saturated heterocycles. The fraction of sp³-hybridized carbons (Fsp3) is 0.455. The van der Waals surface area contributed by atoms with Gasteiger partial charge in [0.2, 0.25) is 0 Å². The van der Waals surface area contributed by atoms with Crippen molar-refractivity contribution in [1.82, 2.24) is 5.32 Å². The van der Waals surface area contributed by atoms with Gasteiger partial charge in [-0.2, -0.15) is 0 Å². The van der Waals surface area contributed by atoms with E-state index in [-0.39, 0.29) is 11.3 Å². The van der Waals surface area contributed by atoms with Crippen molar-refractivity contribution in [3.05, 3.63) is 35.4 Å². The zero-order valence-electron chi connectivity index (χ0n) is 9.49. The highest BCUT2D eigenvalue weighted by atomic mass is 32.2. The number of benzene rings is 1. The molecule has 0 amide bonds. The fourth-order valence-electron chi connectivity index (χ4n) is 1.33. The van der Waals surface area contributed by atoms with E-state index in [4.69, 9.17) is 0 Å². The van der Waals surface area contributed by atoms with Gasteiger partial charge < -0.3 is 5.32 Å². The van der Waals surface area contributed by atoms with Gasteiger partial charge in [-0.15, -0.1) is 0 Å². The Morgan fingerprint density at radius 3 is 2.65 bits per heavy atom. The Morgan fingerprint density at radius 1 is 1.35 bits per heavy atom. The maximum atomic E-state index is 12.4. The molecule has 0 aliphatic carbocycles. The summed E-state index contributed by atoms with van der Waals surface area (Å²) in [5, 5.41) is 2.90. The van der Waals surface area contributed by atoms with E-state index in [1.807, 2.05) is 0 Å². The first-order valence-electron chi connectivity index (χ1n) is 5.14. The molecule has 0 atom stereocenters. The minimum atomic E-state index is -2.98. The highest BCUT2D eigenvalue weighted by Crippen LogP contribution is 2.19. The zero-order chi connectivity index (χ0) is 12.9. The SMILES string of the molecule is CS(=O)(=O)CCNCc1cccc(C(F)F)c1. The summed E-state index contributed by atoms with van der Waals surface area (Å²) in [5.74, 6) is 0.0432. The molecule has 0 bridgehead atoms. The summed E-state index contributed by atoms with van der Waals surface area (Å²) in [6, 6.07) is 6.07. The molecule has 0 unspecified atom stereocenters. The Labute approximate surface area is 99.8 Å². The molecule has 0 fully saturated rings. The lowest BCUT2D eigenvalue weighted by Crippen LogP contribution is -2.21. The first-order valence-corrected chi connectivity index (χ1v) is 7.20. The van der Waals surface area contributed by atoms with E-state index in [1.165, 1.54) is 12.1 Å². The molecule has 0 aromatic heterocycles. The van der Waals surface area contributed by atoms with Gasteiger partial charge in [-0.1, -0.05) is 18.2 Å². The van der Waals surface area contributed by atoms with Gasteiger partial charge in [-0.3, -0.25) is 0 Å². The van der Waals surface area contributed by atoms with Crippen LogP contribution in [0.5, 0.6) is 0 Å². The zero-order valence-corrected chi connectivity index (χ0v) is 10.3. The van der Waals surface area contributed by atoms with Crippen LogP contribution in [0.2, 0.25) is 0 Å². The number of alkyl halides is 2. The third-order valence-electron chi connectivity index (χ3n) is 2.18. The van der Waals surface area contributed by atoms with E-state index >= 15 is 0 Å². The minimum absolute atomic E-state index is 0.0209. The number of halogens is 2. The summed E-state index contributed by atoms with van der Waals surface area (Å²) in [7, 11) is -2.98. The third-order valence-corrected chi connectivity index (χ3v) is 3.13. The Balaban J connectivity index is 2.44. The second-order valence-corrected chi connectivity index (χ2v) is 6.11. The van der Waals surface area contributed by atoms with Gasteiger partial charge in [0.25, 0.3) is 6.43 Å². The van der Waals surface area contributed by atoms with Crippen molar-refractivity contribution in [3.8, 4) is 0 Å². The van der Waals surface area contributed by atoms with Crippen LogP contribution in [0.1, 0.15) is 17.6 Å². The Kier molecular flexibility index (Phi) is 5.02. The second kappa shape index (κ2) is 6.07. The topological polar surface area (TPSA) is 46.2 Å². The van der Waals surface area contributed by atoms with Crippen LogP contribution in [-0.4, -0.2) is 27.0 Å². The van der Waals surface area contributed by atoms with Gasteiger partial charge in [0.05, 0.1) is 5.75 Å². The van der Waals surface area contributed by atoms with Crippen LogP contribution in [0.15, 0.2) is 24.3 Å². The largest absolute Gasteiger partial charge is 0.312 e. The standard InChI is InChI=1S/C11H15F2NO2S/c1-17(15,16)6-5-14-8-9-3-2-4-10(7-9)11(12)13/h2-4,7,11,14H,5-6,8H2,1H3. The molecule has 3 nitrogen and oxygen atoms in total. The highest BCUT2D eigenvalue weighted by Gasteiger charge is 2.07. The van der Waals surface area contributed by atoms with E-state index in [0.29, 0.717) is 13.1 Å². The molecule has 0 aliphatic rings. The summed E-state index contributed by atoms with van der Waals surface area (Å²) >= 11 is 0.